The Bertz CT molecular complexity index is 2410. The van der Waals surface area contributed by atoms with E-state index >= 15 is 0 Å². The molecule has 1 unspecified atom stereocenters. The van der Waals surface area contributed by atoms with Gasteiger partial charge in [-0.1, -0.05) is 121 Å². The molecular formula is C41H27N3O. The molecule has 2 aromatic heterocycles. The first-order valence-corrected chi connectivity index (χ1v) is 15.3. The Morgan fingerprint density at radius 2 is 1.36 bits per heavy atom. The van der Waals surface area contributed by atoms with Crippen molar-refractivity contribution in [1.82, 2.24) is 15.0 Å². The largest absolute Gasteiger partial charge is 0.456 e. The summed E-state index contributed by atoms with van der Waals surface area (Å²) < 4.78 is 6.21. The molecule has 0 fully saturated rings. The van der Waals surface area contributed by atoms with Gasteiger partial charge in [-0.3, -0.25) is 0 Å². The van der Waals surface area contributed by atoms with Crippen molar-refractivity contribution in [3.8, 4) is 33.9 Å². The Kier molecular flexibility index (Phi) is 5.91. The molecule has 4 heteroatoms. The molecule has 0 saturated carbocycles. The third-order valence-electron chi connectivity index (χ3n) is 8.85. The van der Waals surface area contributed by atoms with E-state index in [1.165, 1.54) is 21.9 Å². The highest BCUT2D eigenvalue weighted by Gasteiger charge is 2.21. The third-order valence-corrected chi connectivity index (χ3v) is 8.85. The van der Waals surface area contributed by atoms with Crippen LogP contribution in [0.2, 0.25) is 0 Å². The fraction of sp³-hybridized carbons (Fsp3) is 0.0488. The van der Waals surface area contributed by atoms with Crippen molar-refractivity contribution in [1.29, 1.82) is 0 Å². The number of hydrogen-bond donors (Lipinski definition) is 0. The molecule has 45 heavy (non-hydrogen) atoms. The van der Waals surface area contributed by atoms with Crippen molar-refractivity contribution < 1.29 is 4.42 Å². The molecule has 0 N–H and O–H groups in total. The quantitative estimate of drug-likeness (QED) is 0.209. The van der Waals surface area contributed by atoms with Crippen LogP contribution in [0.4, 0.5) is 0 Å². The van der Waals surface area contributed by atoms with Crippen molar-refractivity contribution in [2.45, 2.75) is 6.42 Å². The van der Waals surface area contributed by atoms with Gasteiger partial charge in [-0.2, -0.15) is 0 Å². The minimum atomic E-state index is 0.397. The maximum Gasteiger partial charge on any atom is 0.164 e. The fourth-order valence-corrected chi connectivity index (χ4v) is 6.51. The summed E-state index contributed by atoms with van der Waals surface area (Å²) in [6.07, 6.45) is 14.0. The maximum absolute atomic E-state index is 6.21. The number of hydrogen-bond acceptors (Lipinski definition) is 4. The molecule has 0 radical (unpaired) electrons. The highest BCUT2D eigenvalue weighted by molar-refractivity contribution is 6.11. The Balaban J connectivity index is 1.19. The Hall–Kier alpha value is -5.87. The maximum atomic E-state index is 6.21. The first kappa shape index (κ1) is 25.6. The summed E-state index contributed by atoms with van der Waals surface area (Å²) in [5.41, 5.74) is 8.16. The Morgan fingerprint density at radius 1 is 0.600 bits per heavy atom. The van der Waals surface area contributed by atoms with Gasteiger partial charge in [0.1, 0.15) is 11.2 Å². The van der Waals surface area contributed by atoms with Crippen LogP contribution >= 0.6 is 0 Å². The lowest BCUT2D eigenvalue weighted by Gasteiger charge is -2.20. The summed E-state index contributed by atoms with van der Waals surface area (Å²) in [6.45, 7) is 0. The lowest BCUT2D eigenvalue weighted by atomic mass is 9.85. The summed E-state index contributed by atoms with van der Waals surface area (Å²) in [6, 6.07) is 37.8. The van der Waals surface area contributed by atoms with E-state index in [0.29, 0.717) is 23.4 Å². The Labute approximate surface area is 260 Å². The number of nitrogens with zero attached hydrogens (tertiary/aromatic N) is 3. The van der Waals surface area contributed by atoms with Crippen molar-refractivity contribution in [2.24, 2.45) is 5.92 Å². The number of benzene rings is 5. The third kappa shape index (κ3) is 4.50. The van der Waals surface area contributed by atoms with Gasteiger partial charge in [0.25, 0.3) is 0 Å². The van der Waals surface area contributed by atoms with Gasteiger partial charge in [0.05, 0.1) is 0 Å². The van der Waals surface area contributed by atoms with Crippen LogP contribution in [-0.2, 0) is 0 Å². The van der Waals surface area contributed by atoms with E-state index in [1.807, 2.05) is 30.3 Å². The second-order valence-corrected chi connectivity index (χ2v) is 11.6. The van der Waals surface area contributed by atoms with E-state index in [-0.39, 0.29) is 0 Å². The molecule has 2 heterocycles. The van der Waals surface area contributed by atoms with Crippen molar-refractivity contribution in [3.63, 3.8) is 0 Å². The van der Waals surface area contributed by atoms with E-state index in [1.54, 1.807) is 0 Å². The number of fused-ring (bicyclic) bond motifs is 5. The van der Waals surface area contributed by atoms with Crippen LogP contribution in [0.15, 0.2) is 156 Å². The Morgan fingerprint density at radius 3 is 2.29 bits per heavy atom. The van der Waals surface area contributed by atoms with E-state index in [9.17, 15) is 0 Å². The monoisotopic (exact) mass is 577 g/mol. The molecule has 0 bridgehead atoms. The summed E-state index contributed by atoms with van der Waals surface area (Å²) in [7, 11) is 0. The molecule has 7 aromatic rings. The lowest BCUT2D eigenvalue weighted by molar-refractivity contribution is 0.669. The topological polar surface area (TPSA) is 51.8 Å². The zero-order chi connectivity index (χ0) is 29.7. The second-order valence-electron chi connectivity index (χ2n) is 11.6. The lowest BCUT2D eigenvalue weighted by Crippen LogP contribution is -2.08. The predicted molar refractivity (Wildman–Crippen MR) is 183 cm³/mol. The van der Waals surface area contributed by atoms with Gasteiger partial charge in [0.15, 0.2) is 17.5 Å². The molecule has 0 spiro atoms. The predicted octanol–water partition coefficient (Wildman–Crippen LogP) is 10.4. The zero-order valence-electron chi connectivity index (χ0n) is 24.4. The number of allylic oxidation sites excluding steroid dienone is 8. The molecule has 1 atom stereocenters. The van der Waals surface area contributed by atoms with Gasteiger partial charge in [-0.15, -0.1) is 0 Å². The highest BCUT2D eigenvalue weighted by atomic mass is 16.3. The van der Waals surface area contributed by atoms with Gasteiger partial charge in [0, 0.05) is 33.4 Å². The number of rotatable bonds is 4. The van der Waals surface area contributed by atoms with Crippen LogP contribution in [0.25, 0.3) is 72.2 Å². The first-order valence-electron chi connectivity index (χ1n) is 15.3. The van der Waals surface area contributed by atoms with Gasteiger partial charge >= 0.3 is 0 Å². The molecular weight excluding hydrogens is 550 g/mol. The summed E-state index contributed by atoms with van der Waals surface area (Å²) in [5, 5.41) is 4.53. The second kappa shape index (κ2) is 10.4. The molecule has 0 amide bonds. The van der Waals surface area contributed by atoms with Crippen molar-refractivity contribution in [3.05, 3.63) is 157 Å². The van der Waals surface area contributed by atoms with Gasteiger partial charge in [-0.05, 0) is 58.2 Å². The SMILES string of the molecule is C1=CC2=CC(c3nc(-c4ccc(-c5ccc6ccccc6c5)cc4)nc(-c4cccc5oc6ccccc6c45)n3)=CCC2C=C1. The molecule has 9 rings (SSSR count). The number of para-hydroxylation sites is 1. The summed E-state index contributed by atoms with van der Waals surface area (Å²) >= 11 is 0. The molecule has 4 nitrogen and oxygen atoms in total. The summed E-state index contributed by atoms with van der Waals surface area (Å²) in [5.74, 6) is 2.34. The average Bonchev–Trinajstić information content (AvgIpc) is 3.50. The molecule has 0 aliphatic heterocycles. The van der Waals surface area contributed by atoms with Crippen LogP contribution in [0.1, 0.15) is 12.2 Å². The highest BCUT2D eigenvalue weighted by Crippen LogP contribution is 2.37. The van der Waals surface area contributed by atoms with E-state index in [2.05, 4.69) is 115 Å². The van der Waals surface area contributed by atoms with Crippen LogP contribution in [0.5, 0.6) is 0 Å². The van der Waals surface area contributed by atoms with E-state index in [4.69, 9.17) is 19.4 Å². The van der Waals surface area contributed by atoms with Crippen LogP contribution in [-0.4, -0.2) is 15.0 Å². The molecule has 2 aliphatic carbocycles. The van der Waals surface area contributed by atoms with Crippen molar-refractivity contribution in [2.75, 3.05) is 0 Å². The van der Waals surface area contributed by atoms with Crippen LogP contribution in [0, 0.1) is 5.92 Å². The summed E-state index contributed by atoms with van der Waals surface area (Å²) in [4.78, 5) is 15.3. The molecule has 2 aliphatic rings. The van der Waals surface area contributed by atoms with Gasteiger partial charge < -0.3 is 4.42 Å². The fourth-order valence-electron chi connectivity index (χ4n) is 6.51. The molecule has 0 saturated heterocycles. The standard InChI is InChI=1S/C41H27N3O/c1-3-10-30-24-32(22-18-26(30)8-1)28-16-20-29(21-17-28)39-42-40(33-23-19-27-9-2-4-11-31(27)25-33)44-41(43-39)35-13-7-15-37-38(35)34-12-5-6-14-36(34)45-37/h1-18,20-25,27H,19H2. The van der Waals surface area contributed by atoms with Crippen molar-refractivity contribution >= 4 is 38.3 Å². The minimum Gasteiger partial charge on any atom is -0.456 e. The van der Waals surface area contributed by atoms with Gasteiger partial charge in [0.2, 0.25) is 0 Å². The smallest absolute Gasteiger partial charge is 0.164 e. The number of aromatic nitrogens is 3. The normalized spacial score (nSPS) is 15.8. The number of furan rings is 1. The molecule has 5 aromatic carbocycles. The van der Waals surface area contributed by atoms with Crippen LogP contribution in [0.3, 0.4) is 0 Å². The average molecular weight is 578 g/mol. The zero-order valence-corrected chi connectivity index (χ0v) is 24.4. The minimum absolute atomic E-state index is 0.397. The van der Waals surface area contributed by atoms with Gasteiger partial charge in [-0.25, -0.2) is 15.0 Å². The van der Waals surface area contributed by atoms with E-state index in [0.717, 1.165) is 50.6 Å². The van der Waals surface area contributed by atoms with Crippen LogP contribution < -0.4 is 0 Å². The van der Waals surface area contributed by atoms with E-state index < -0.39 is 0 Å². The first-order chi connectivity index (χ1) is 22.3. The molecule has 212 valence electrons.